The van der Waals surface area contributed by atoms with Crippen molar-refractivity contribution in [2.75, 3.05) is 7.11 Å². The second kappa shape index (κ2) is 5.87. The average Bonchev–Trinajstić information content (AvgIpc) is 3.17. The van der Waals surface area contributed by atoms with Gasteiger partial charge < -0.3 is 9.30 Å². The fourth-order valence-corrected chi connectivity index (χ4v) is 3.49. The van der Waals surface area contributed by atoms with Crippen LogP contribution in [0.3, 0.4) is 0 Å². The quantitative estimate of drug-likeness (QED) is 0.548. The molecule has 140 valence electrons. The summed E-state index contributed by atoms with van der Waals surface area (Å²) in [7, 11) is 4.76. The molecule has 8 heteroatoms. The summed E-state index contributed by atoms with van der Waals surface area (Å²) in [5.41, 5.74) is 3.12. The molecule has 0 atom stereocenters. The van der Waals surface area contributed by atoms with E-state index in [4.69, 9.17) is 4.74 Å². The fraction of sp³-hybridized carbons (Fsp3) is 0.316. The van der Waals surface area contributed by atoms with Gasteiger partial charge in [0.15, 0.2) is 11.2 Å². The molecule has 27 heavy (non-hydrogen) atoms. The van der Waals surface area contributed by atoms with Crippen LogP contribution in [0.5, 0.6) is 5.75 Å². The molecule has 4 aromatic rings. The van der Waals surface area contributed by atoms with Crippen LogP contribution in [0.2, 0.25) is 0 Å². The van der Waals surface area contributed by atoms with Crippen LogP contribution in [0, 0.1) is 13.8 Å². The molecule has 3 heterocycles. The number of fused-ring (bicyclic) bond motifs is 3. The van der Waals surface area contributed by atoms with E-state index in [1.807, 2.05) is 42.5 Å². The molecule has 0 aliphatic carbocycles. The van der Waals surface area contributed by atoms with Gasteiger partial charge in [0.25, 0.3) is 5.56 Å². The number of aryl methyl sites for hydroxylation is 2. The topological polar surface area (TPSA) is 75.5 Å². The molecule has 0 fully saturated rings. The van der Waals surface area contributed by atoms with Gasteiger partial charge in [-0.2, -0.15) is 4.98 Å². The minimum atomic E-state index is -0.385. The van der Waals surface area contributed by atoms with Crippen LogP contribution in [0.1, 0.15) is 17.0 Å². The van der Waals surface area contributed by atoms with Crippen molar-refractivity contribution in [1.82, 2.24) is 23.1 Å². The molecule has 1 aromatic carbocycles. The highest BCUT2D eigenvalue weighted by molar-refractivity contribution is 5.76. The molecule has 3 aromatic heterocycles. The van der Waals surface area contributed by atoms with Gasteiger partial charge in [-0.05, 0) is 31.5 Å². The van der Waals surface area contributed by atoms with E-state index >= 15 is 0 Å². The van der Waals surface area contributed by atoms with Crippen molar-refractivity contribution in [2.24, 2.45) is 14.1 Å². The highest BCUT2D eigenvalue weighted by Crippen LogP contribution is 2.22. The van der Waals surface area contributed by atoms with Crippen LogP contribution in [0.15, 0.2) is 33.9 Å². The number of imidazole rings is 2. The normalized spacial score (nSPS) is 11.6. The molecule has 0 radical (unpaired) electrons. The lowest BCUT2D eigenvalue weighted by Crippen LogP contribution is -2.37. The summed E-state index contributed by atoms with van der Waals surface area (Å²) in [5.74, 6) is 1.45. The molecule has 0 bridgehead atoms. The molecule has 0 saturated heterocycles. The predicted molar refractivity (Wildman–Crippen MR) is 103 cm³/mol. The van der Waals surface area contributed by atoms with Crippen LogP contribution in [0.25, 0.3) is 16.9 Å². The minimum Gasteiger partial charge on any atom is -0.497 e. The zero-order chi connectivity index (χ0) is 19.5. The Balaban J connectivity index is 2.00. The molecule has 0 saturated carbocycles. The number of nitrogens with zero attached hydrogens (tertiary/aromatic N) is 5. The van der Waals surface area contributed by atoms with Crippen molar-refractivity contribution in [3.05, 3.63) is 62.1 Å². The van der Waals surface area contributed by atoms with Crippen molar-refractivity contribution >= 4 is 16.9 Å². The SMILES string of the molecule is COc1ccc(Cn2c(C)c(C)n3c4c(=O)n(C)c(=O)n(C)c4nc23)cc1. The maximum atomic E-state index is 12.7. The van der Waals surface area contributed by atoms with Crippen LogP contribution in [-0.2, 0) is 20.6 Å². The van der Waals surface area contributed by atoms with Gasteiger partial charge in [0.2, 0.25) is 5.78 Å². The van der Waals surface area contributed by atoms with Gasteiger partial charge in [-0.3, -0.25) is 18.3 Å². The van der Waals surface area contributed by atoms with E-state index in [-0.39, 0.29) is 11.2 Å². The van der Waals surface area contributed by atoms with Crippen molar-refractivity contribution < 1.29 is 4.74 Å². The van der Waals surface area contributed by atoms with E-state index in [0.717, 1.165) is 27.3 Å². The summed E-state index contributed by atoms with van der Waals surface area (Å²) in [5, 5.41) is 0. The maximum absolute atomic E-state index is 12.7. The van der Waals surface area contributed by atoms with Crippen molar-refractivity contribution in [3.63, 3.8) is 0 Å². The Bertz CT molecular complexity index is 1300. The van der Waals surface area contributed by atoms with Gasteiger partial charge in [-0.25, -0.2) is 4.79 Å². The summed E-state index contributed by atoms with van der Waals surface area (Å²) in [6.07, 6.45) is 0. The second-order valence-electron chi connectivity index (χ2n) is 6.73. The van der Waals surface area contributed by atoms with Gasteiger partial charge in [-0.1, -0.05) is 12.1 Å². The zero-order valence-electron chi connectivity index (χ0n) is 16.0. The van der Waals surface area contributed by atoms with Crippen LogP contribution in [0.4, 0.5) is 0 Å². The highest BCUT2D eigenvalue weighted by Gasteiger charge is 2.21. The molecule has 0 amide bonds. The summed E-state index contributed by atoms with van der Waals surface area (Å²) in [4.78, 5) is 29.6. The lowest BCUT2D eigenvalue weighted by Gasteiger charge is -2.07. The van der Waals surface area contributed by atoms with E-state index in [1.54, 1.807) is 14.2 Å². The third kappa shape index (κ3) is 2.33. The fourth-order valence-electron chi connectivity index (χ4n) is 3.49. The third-order valence-electron chi connectivity index (χ3n) is 5.25. The first-order valence-electron chi connectivity index (χ1n) is 8.62. The Morgan fingerprint density at radius 1 is 1.00 bits per heavy atom. The largest absolute Gasteiger partial charge is 0.497 e. The molecule has 0 aliphatic rings. The summed E-state index contributed by atoms with van der Waals surface area (Å²) < 4.78 is 11.6. The molecule has 0 aliphatic heterocycles. The van der Waals surface area contributed by atoms with E-state index in [0.29, 0.717) is 23.5 Å². The molecule has 0 unspecified atom stereocenters. The average molecular weight is 367 g/mol. The van der Waals surface area contributed by atoms with E-state index in [9.17, 15) is 9.59 Å². The van der Waals surface area contributed by atoms with Crippen LogP contribution < -0.4 is 16.0 Å². The van der Waals surface area contributed by atoms with Crippen LogP contribution in [-0.4, -0.2) is 30.2 Å². The standard InChI is InChI=1S/C19H21N5O3/c1-11-12(2)24-15-16(21(3)19(26)22(4)17(15)25)20-18(24)23(11)10-13-6-8-14(27-5)9-7-13/h6-9H,10H2,1-5H3. The van der Waals surface area contributed by atoms with E-state index in [2.05, 4.69) is 9.55 Å². The highest BCUT2D eigenvalue weighted by atomic mass is 16.5. The van der Waals surface area contributed by atoms with Gasteiger partial charge in [0, 0.05) is 25.5 Å². The summed E-state index contributed by atoms with van der Waals surface area (Å²) in [6.45, 7) is 4.56. The smallest absolute Gasteiger partial charge is 0.332 e. The number of aromatic nitrogens is 5. The molecule has 8 nitrogen and oxygen atoms in total. The van der Waals surface area contributed by atoms with E-state index < -0.39 is 0 Å². The molecule has 4 rings (SSSR count). The van der Waals surface area contributed by atoms with Crippen molar-refractivity contribution in [2.45, 2.75) is 20.4 Å². The Morgan fingerprint density at radius 2 is 1.67 bits per heavy atom. The number of methoxy groups -OCH3 is 1. The van der Waals surface area contributed by atoms with Crippen LogP contribution >= 0.6 is 0 Å². The van der Waals surface area contributed by atoms with E-state index in [1.165, 1.54) is 11.6 Å². The number of hydrogen-bond donors (Lipinski definition) is 0. The molecule has 0 spiro atoms. The first-order valence-corrected chi connectivity index (χ1v) is 8.62. The lowest BCUT2D eigenvalue weighted by molar-refractivity contribution is 0.414. The predicted octanol–water partition coefficient (Wildman–Crippen LogP) is 1.36. The Labute approximate surface area is 154 Å². The van der Waals surface area contributed by atoms with Crippen molar-refractivity contribution in [1.29, 1.82) is 0 Å². The van der Waals surface area contributed by atoms with Gasteiger partial charge >= 0.3 is 5.69 Å². The molecular formula is C19H21N5O3. The van der Waals surface area contributed by atoms with Gasteiger partial charge in [-0.15, -0.1) is 0 Å². The number of hydrogen-bond acceptors (Lipinski definition) is 4. The number of benzene rings is 1. The Morgan fingerprint density at radius 3 is 2.30 bits per heavy atom. The first kappa shape index (κ1) is 17.1. The number of rotatable bonds is 3. The Hall–Kier alpha value is -3.29. The van der Waals surface area contributed by atoms with Gasteiger partial charge in [0.05, 0.1) is 13.7 Å². The first-order chi connectivity index (χ1) is 12.8. The lowest BCUT2D eigenvalue weighted by atomic mass is 10.2. The second-order valence-corrected chi connectivity index (χ2v) is 6.73. The minimum absolute atomic E-state index is 0.342. The summed E-state index contributed by atoms with van der Waals surface area (Å²) >= 11 is 0. The number of ether oxygens (including phenoxy) is 1. The Kier molecular flexibility index (Phi) is 3.73. The van der Waals surface area contributed by atoms with Crippen molar-refractivity contribution in [3.8, 4) is 5.75 Å². The third-order valence-corrected chi connectivity index (χ3v) is 5.25. The maximum Gasteiger partial charge on any atom is 0.332 e. The molecular weight excluding hydrogens is 346 g/mol. The zero-order valence-corrected chi connectivity index (χ0v) is 16.0. The van der Waals surface area contributed by atoms with Gasteiger partial charge in [0.1, 0.15) is 5.75 Å². The summed E-state index contributed by atoms with van der Waals surface area (Å²) in [6, 6.07) is 7.84. The monoisotopic (exact) mass is 367 g/mol. The molecule has 0 N–H and O–H groups in total.